The number of amides is 9. The number of rotatable bonds is 32. The quantitative estimate of drug-likeness (QED) is 0.0431. The Hall–Kier alpha value is -5.88. The summed E-state index contributed by atoms with van der Waals surface area (Å²) in [5.41, 5.74) is 18.1. The number of carbonyl (C=O) groups excluding carboxylic acids is 9. The molecule has 0 bridgehead atoms. The van der Waals surface area contributed by atoms with Crippen LogP contribution in [0.25, 0.3) is 10.9 Å². The molecule has 2 rings (SSSR count). The fourth-order valence-corrected chi connectivity index (χ4v) is 7.86. The molecule has 22 nitrogen and oxygen atoms in total. The number of aromatic amines is 1. The molecule has 1 heterocycles. The molecule has 0 spiro atoms. The summed E-state index contributed by atoms with van der Waals surface area (Å²) < 4.78 is 0. The van der Waals surface area contributed by atoms with Gasteiger partial charge in [-0.1, -0.05) is 58.7 Å². The van der Waals surface area contributed by atoms with Crippen molar-refractivity contribution in [2.45, 2.75) is 134 Å². The van der Waals surface area contributed by atoms with Crippen LogP contribution in [0.4, 0.5) is 0 Å². The number of H-pyrrole nitrogens is 1. The van der Waals surface area contributed by atoms with Gasteiger partial charge in [0.2, 0.25) is 53.2 Å². The number of thioether (sulfide) groups is 2. The molecule has 0 fully saturated rings. The Kier molecular flexibility index (Phi) is 25.7. The van der Waals surface area contributed by atoms with Gasteiger partial charge in [0.15, 0.2) is 0 Å². The maximum Gasteiger partial charge on any atom is 0.326 e. The number of carboxylic acids is 1. The predicted octanol–water partition coefficient (Wildman–Crippen LogP) is -0.725. The molecular weight excluding hydrogens is 935 g/mol. The van der Waals surface area contributed by atoms with Gasteiger partial charge >= 0.3 is 5.97 Å². The van der Waals surface area contributed by atoms with Crippen molar-refractivity contribution in [2.24, 2.45) is 29.0 Å². The van der Waals surface area contributed by atoms with E-state index in [1.807, 2.05) is 45.0 Å². The third kappa shape index (κ3) is 19.6. The molecular formula is C45H71N11O11S2. The predicted molar refractivity (Wildman–Crippen MR) is 264 cm³/mol. The van der Waals surface area contributed by atoms with Gasteiger partial charge in [-0.3, -0.25) is 43.2 Å². The van der Waals surface area contributed by atoms with Crippen LogP contribution in [0.3, 0.4) is 0 Å². The van der Waals surface area contributed by atoms with Gasteiger partial charge in [-0.05, 0) is 73.7 Å². The number of aromatic nitrogens is 1. The van der Waals surface area contributed by atoms with Crippen molar-refractivity contribution in [1.82, 2.24) is 42.2 Å². The lowest BCUT2D eigenvalue weighted by atomic mass is 9.95. The van der Waals surface area contributed by atoms with E-state index in [1.54, 1.807) is 25.6 Å². The Balaban J connectivity index is 2.37. The molecule has 384 valence electrons. The van der Waals surface area contributed by atoms with Crippen LogP contribution in [-0.2, 0) is 54.4 Å². The number of primary amides is 2. The molecule has 0 saturated carbocycles. The number of nitrogens with two attached hydrogens (primary N) is 3. The van der Waals surface area contributed by atoms with Crippen molar-refractivity contribution in [2.75, 3.05) is 24.0 Å². The molecule has 10 atom stereocenters. The van der Waals surface area contributed by atoms with E-state index in [4.69, 9.17) is 17.2 Å². The van der Waals surface area contributed by atoms with E-state index in [2.05, 4.69) is 42.2 Å². The fraction of sp³-hybridized carbons (Fsp3) is 0.600. The van der Waals surface area contributed by atoms with E-state index in [0.29, 0.717) is 29.9 Å². The van der Waals surface area contributed by atoms with Crippen LogP contribution in [-0.4, -0.2) is 142 Å². The SMILES string of the molecule is CC[C@H](C)[C@H](N)C(=O)N[C@H](C(=O)N[C@@H](Cc1c[nH]c2ccccc12)C(=O)N[C@@H](C)C(=O)N[C@@H](CCSC)C(=O)N[C@@H](CCSC)C(=O)N[C@@H](CCC(N)=O)C(=O)N[C@@H](CC(N)=O)C(=O)O)[C@@H](C)CC. The van der Waals surface area contributed by atoms with Crippen molar-refractivity contribution in [3.63, 3.8) is 0 Å². The van der Waals surface area contributed by atoms with Gasteiger partial charge in [0.05, 0.1) is 12.5 Å². The van der Waals surface area contributed by atoms with Crippen LogP contribution in [0, 0.1) is 11.8 Å². The molecule has 0 saturated heterocycles. The smallest absolute Gasteiger partial charge is 0.326 e. The highest BCUT2D eigenvalue weighted by molar-refractivity contribution is 7.98. The average Bonchev–Trinajstić information content (AvgIpc) is 3.72. The third-order valence-corrected chi connectivity index (χ3v) is 12.9. The zero-order chi connectivity index (χ0) is 52.0. The molecule has 0 unspecified atom stereocenters. The Morgan fingerprint density at radius 1 is 0.609 bits per heavy atom. The van der Waals surface area contributed by atoms with Crippen LogP contribution in [0.1, 0.15) is 85.1 Å². The molecule has 0 radical (unpaired) electrons. The summed E-state index contributed by atoms with van der Waals surface area (Å²) in [5.74, 6) is -8.59. The maximum absolute atomic E-state index is 14.2. The van der Waals surface area contributed by atoms with E-state index in [0.717, 1.165) is 10.9 Å². The molecule has 69 heavy (non-hydrogen) atoms. The minimum Gasteiger partial charge on any atom is -0.480 e. The lowest BCUT2D eigenvalue weighted by molar-refractivity contribution is -0.144. The number of carboxylic acid groups (broad SMARTS) is 1. The summed E-state index contributed by atoms with van der Waals surface area (Å²) in [6.07, 6.45) is 4.98. The van der Waals surface area contributed by atoms with Gasteiger partial charge in [-0.15, -0.1) is 0 Å². The zero-order valence-electron chi connectivity index (χ0n) is 40.3. The second-order valence-electron chi connectivity index (χ2n) is 17.0. The Morgan fingerprint density at radius 3 is 1.61 bits per heavy atom. The van der Waals surface area contributed by atoms with Gasteiger partial charge in [-0.2, -0.15) is 23.5 Å². The first-order valence-corrected chi connectivity index (χ1v) is 25.6. The van der Waals surface area contributed by atoms with Crippen molar-refractivity contribution in [1.29, 1.82) is 0 Å². The topological polar surface area (TPSA) is 369 Å². The highest BCUT2D eigenvalue weighted by Gasteiger charge is 2.35. The number of hydrogen-bond donors (Lipinski definition) is 12. The molecule has 0 aliphatic heterocycles. The Morgan fingerprint density at radius 2 is 1.10 bits per heavy atom. The number of hydrogen-bond acceptors (Lipinski definition) is 13. The summed E-state index contributed by atoms with van der Waals surface area (Å²) >= 11 is 2.72. The standard InChI is InChI=1S/C45H71N11O11S2/c1-8-23(3)36(48)43(64)56-37(24(4)9-2)44(65)54-32(20-26-22-49-28-13-11-10-12-27(26)28)42(63)50-25(5)38(59)51-30(16-18-68-6)40(61)53-31(17-19-69-7)41(62)52-29(14-15-34(46)57)39(60)55-33(45(66)67)21-35(47)58/h10-13,22-25,29-33,36-37,49H,8-9,14-21,48H2,1-7H3,(H2,46,57)(H2,47,58)(H,50,63)(H,51,59)(H,52,62)(H,53,61)(H,54,65)(H,55,60)(H,56,64)(H,66,67)/t23-,24-,25-,29-,30-,31-,32-,33-,36-,37-/m0/s1. The Labute approximate surface area is 410 Å². The average molecular weight is 1010 g/mol. The highest BCUT2D eigenvalue weighted by atomic mass is 32.2. The second-order valence-corrected chi connectivity index (χ2v) is 18.9. The lowest BCUT2D eigenvalue weighted by Crippen LogP contribution is -2.60. The van der Waals surface area contributed by atoms with Crippen molar-refractivity contribution in [3.8, 4) is 0 Å². The van der Waals surface area contributed by atoms with Crippen molar-refractivity contribution in [3.05, 3.63) is 36.0 Å². The molecule has 0 aliphatic carbocycles. The molecule has 24 heteroatoms. The third-order valence-electron chi connectivity index (χ3n) is 11.7. The monoisotopic (exact) mass is 1010 g/mol. The van der Waals surface area contributed by atoms with E-state index < -0.39 is 120 Å². The normalized spacial score (nSPS) is 15.5. The Bertz CT molecular complexity index is 2110. The molecule has 15 N–H and O–H groups in total. The molecule has 1 aromatic heterocycles. The van der Waals surface area contributed by atoms with Crippen molar-refractivity contribution >= 4 is 93.6 Å². The summed E-state index contributed by atoms with van der Waals surface area (Å²) in [6.45, 7) is 8.77. The van der Waals surface area contributed by atoms with Gasteiger partial charge < -0.3 is 64.5 Å². The number of aliphatic carboxylic acids is 1. The van der Waals surface area contributed by atoms with Crippen LogP contribution >= 0.6 is 23.5 Å². The first-order chi connectivity index (χ1) is 32.6. The number of fused-ring (bicyclic) bond motifs is 1. The first kappa shape index (κ1) is 59.2. The largest absolute Gasteiger partial charge is 0.480 e. The molecule has 9 amide bonds. The van der Waals surface area contributed by atoms with Crippen LogP contribution in [0.15, 0.2) is 30.5 Å². The van der Waals surface area contributed by atoms with Crippen LogP contribution in [0.2, 0.25) is 0 Å². The van der Waals surface area contributed by atoms with E-state index in [1.165, 1.54) is 30.4 Å². The number of nitrogens with one attached hydrogen (secondary N) is 8. The minimum absolute atomic E-state index is 0.0136. The molecule has 2 aromatic rings. The minimum atomic E-state index is -1.74. The van der Waals surface area contributed by atoms with E-state index in [9.17, 15) is 53.1 Å². The number of para-hydroxylation sites is 1. The number of carbonyl (C=O) groups is 10. The zero-order valence-corrected chi connectivity index (χ0v) is 41.9. The summed E-state index contributed by atoms with van der Waals surface area (Å²) in [6, 6.07) is -2.89. The van der Waals surface area contributed by atoms with Gasteiger partial charge in [0.1, 0.15) is 42.3 Å². The fourth-order valence-electron chi connectivity index (χ4n) is 6.91. The van der Waals surface area contributed by atoms with E-state index in [-0.39, 0.29) is 37.5 Å². The van der Waals surface area contributed by atoms with Gasteiger partial charge in [0.25, 0.3) is 0 Å². The highest BCUT2D eigenvalue weighted by Crippen LogP contribution is 2.20. The summed E-state index contributed by atoms with van der Waals surface area (Å²) in [5, 5.41) is 28.4. The summed E-state index contributed by atoms with van der Waals surface area (Å²) in [7, 11) is 0. The molecule has 1 aromatic carbocycles. The van der Waals surface area contributed by atoms with Gasteiger partial charge in [-0.25, -0.2) is 4.79 Å². The first-order valence-electron chi connectivity index (χ1n) is 22.8. The number of benzene rings is 1. The second kappa shape index (κ2) is 29.9. The van der Waals surface area contributed by atoms with E-state index >= 15 is 0 Å². The molecule has 0 aliphatic rings. The van der Waals surface area contributed by atoms with Gasteiger partial charge in [0, 0.05) is 29.9 Å². The van der Waals surface area contributed by atoms with Crippen LogP contribution < -0.4 is 54.4 Å². The van der Waals surface area contributed by atoms with Crippen molar-refractivity contribution < 1.29 is 53.1 Å². The summed E-state index contributed by atoms with van der Waals surface area (Å²) in [4.78, 5) is 134. The maximum atomic E-state index is 14.2. The lowest BCUT2D eigenvalue weighted by Gasteiger charge is -2.29. The van der Waals surface area contributed by atoms with Crippen LogP contribution in [0.5, 0.6) is 0 Å².